The van der Waals surface area contributed by atoms with Gasteiger partial charge in [0.25, 0.3) is 0 Å². The second-order valence-electron chi connectivity index (χ2n) is 4.12. The molecule has 1 aliphatic rings. The fraction of sp³-hybridized carbons (Fsp3) is 0.800. The average Bonchev–Trinajstić information content (AvgIpc) is 2.19. The van der Waals surface area contributed by atoms with Crippen molar-refractivity contribution in [2.24, 2.45) is 5.41 Å². The van der Waals surface area contributed by atoms with Crippen LogP contribution >= 0.6 is 11.8 Å². The largest absolute Gasteiger partial charge is 0.351 e. The first-order valence-corrected chi connectivity index (χ1v) is 6.01. The highest BCUT2D eigenvalue weighted by atomic mass is 32.2. The minimum Gasteiger partial charge on any atom is -0.351 e. The van der Waals surface area contributed by atoms with Crippen molar-refractivity contribution in [3.05, 3.63) is 0 Å². The molecule has 1 saturated heterocycles. The van der Waals surface area contributed by atoms with Crippen LogP contribution in [-0.2, 0) is 4.79 Å². The Morgan fingerprint density at radius 3 is 2.86 bits per heavy atom. The first-order chi connectivity index (χ1) is 6.56. The molecule has 3 nitrogen and oxygen atoms in total. The Hall–Kier alpha value is -0.690. The molecule has 1 rings (SSSR count). The van der Waals surface area contributed by atoms with Crippen molar-refractivity contribution in [1.29, 1.82) is 5.26 Å². The van der Waals surface area contributed by atoms with Crippen molar-refractivity contribution >= 4 is 17.7 Å². The highest BCUT2D eigenvalue weighted by molar-refractivity contribution is 7.99. The molecule has 1 unspecified atom stereocenters. The molecule has 1 N–H and O–H groups in total. The number of carbonyl (C=O) groups is 1. The van der Waals surface area contributed by atoms with Crippen molar-refractivity contribution in [3.8, 4) is 6.07 Å². The molecule has 1 aliphatic heterocycles. The third-order valence-electron chi connectivity index (χ3n) is 2.34. The summed E-state index contributed by atoms with van der Waals surface area (Å²) >= 11 is 1.87. The average molecular weight is 212 g/mol. The summed E-state index contributed by atoms with van der Waals surface area (Å²) < 4.78 is 0. The summed E-state index contributed by atoms with van der Waals surface area (Å²) in [7, 11) is 0. The Labute approximate surface area is 89.2 Å². The summed E-state index contributed by atoms with van der Waals surface area (Å²) in [5.41, 5.74) is -0.901. The highest BCUT2D eigenvalue weighted by Gasteiger charge is 2.29. The molecular weight excluding hydrogens is 196 g/mol. The van der Waals surface area contributed by atoms with Gasteiger partial charge in [0.2, 0.25) is 5.91 Å². The van der Waals surface area contributed by atoms with Crippen molar-refractivity contribution in [3.63, 3.8) is 0 Å². The van der Waals surface area contributed by atoms with Gasteiger partial charge in [0.1, 0.15) is 5.41 Å². The van der Waals surface area contributed by atoms with E-state index in [1.807, 2.05) is 17.8 Å². The van der Waals surface area contributed by atoms with E-state index in [1.165, 1.54) is 5.75 Å². The van der Waals surface area contributed by atoms with Crippen LogP contribution in [0, 0.1) is 16.7 Å². The first-order valence-electron chi connectivity index (χ1n) is 4.86. The second kappa shape index (κ2) is 4.70. The molecule has 0 spiro atoms. The fourth-order valence-electron chi connectivity index (χ4n) is 1.27. The van der Waals surface area contributed by atoms with Gasteiger partial charge in [0, 0.05) is 11.8 Å². The van der Waals surface area contributed by atoms with Crippen LogP contribution in [0.1, 0.15) is 26.7 Å². The van der Waals surface area contributed by atoms with Gasteiger partial charge in [-0.25, -0.2) is 0 Å². The Morgan fingerprint density at radius 2 is 2.36 bits per heavy atom. The first kappa shape index (κ1) is 11.4. The molecule has 14 heavy (non-hydrogen) atoms. The van der Waals surface area contributed by atoms with Gasteiger partial charge in [-0.2, -0.15) is 17.0 Å². The maximum Gasteiger partial charge on any atom is 0.240 e. The topological polar surface area (TPSA) is 52.9 Å². The van der Waals surface area contributed by atoms with E-state index in [4.69, 9.17) is 5.26 Å². The number of thioether (sulfide) groups is 1. The lowest BCUT2D eigenvalue weighted by atomic mass is 9.94. The molecule has 0 saturated carbocycles. The maximum absolute atomic E-state index is 11.6. The Morgan fingerprint density at radius 1 is 1.64 bits per heavy atom. The summed E-state index contributed by atoms with van der Waals surface area (Å²) in [6, 6.07) is 2.27. The van der Waals surface area contributed by atoms with Crippen LogP contribution in [0.5, 0.6) is 0 Å². The third-order valence-corrected chi connectivity index (χ3v) is 3.56. The quantitative estimate of drug-likeness (QED) is 0.755. The molecule has 1 fully saturated rings. The van der Waals surface area contributed by atoms with E-state index >= 15 is 0 Å². The second-order valence-corrected chi connectivity index (χ2v) is 5.27. The number of carbonyl (C=O) groups excluding carboxylic acids is 1. The molecule has 0 aromatic carbocycles. The van der Waals surface area contributed by atoms with Crippen LogP contribution < -0.4 is 5.32 Å². The van der Waals surface area contributed by atoms with Gasteiger partial charge in [-0.15, -0.1) is 0 Å². The van der Waals surface area contributed by atoms with E-state index < -0.39 is 5.41 Å². The summed E-state index contributed by atoms with van der Waals surface area (Å²) in [6.45, 7) is 3.30. The molecule has 1 atom stereocenters. The number of nitrogens with zero attached hydrogens (tertiary/aromatic N) is 1. The zero-order valence-electron chi connectivity index (χ0n) is 8.67. The monoisotopic (exact) mass is 212 g/mol. The van der Waals surface area contributed by atoms with Gasteiger partial charge in [-0.05, 0) is 32.4 Å². The zero-order chi connectivity index (χ0) is 10.6. The standard InChI is InChI=1S/C10H16N2OS/c1-10(2,7-11)9(13)12-8-4-3-5-14-6-8/h8H,3-6H2,1-2H3,(H,12,13). The molecule has 0 aliphatic carbocycles. The van der Waals surface area contributed by atoms with Gasteiger partial charge in [0.05, 0.1) is 6.07 Å². The van der Waals surface area contributed by atoms with E-state index in [1.54, 1.807) is 13.8 Å². The zero-order valence-corrected chi connectivity index (χ0v) is 9.49. The van der Waals surface area contributed by atoms with Gasteiger partial charge >= 0.3 is 0 Å². The van der Waals surface area contributed by atoms with Crippen molar-refractivity contribution in [2.45, 2.75) is 32.7 Å². The van der Waals surface area contributed by atoms with Crippen LogP contribution in [0.2, 0.25) is 0 Å². The number of hydrogen-bond donors (Lipinski definition) is 1. The Kier molecular flexibility index (Phi) is 3.82. The van der Waals surface area contributed by atoms with Gasteiger partial charge in [0.15, 0.2) is 0 Å². The van der Waals surface area contributed by atoms with Crippen LogP contribution in [-0.4, -0.2) is 23.5 Å². The van der Waals surface area contributed by atoms with Crippen LogP contribution in [0.15, 0.2) is 0 Å². The molecule has 0 aromatic rings. The number of rotatable bonds is 2. The minimum atomic E-state index is -0.901. The normalized spacial score (nSPS) is 22.5. The van der Waals surface area contributed by atoms with Gasteiger partial charge < -0.3 is 5.32 Å². The fourth-order valence-corrected chi connectivity index (χ4v) is 2.34. The predicted molar refractivity (Wildman–Crippen MR) is 57.9 cm³/mol. The van der Waals surface area contributed by atoms with E-state index in [9.17, 15) is 4.79 Å². The number of nitrogens with one attached hydrogen (secondary N) is 1. The van der Waals surface area contributed by atoms with Crippen LogP contribution in [0.4, 0.5) is 0 Å². The molecule has 0 radical (unpaired) electrons. The highest BCUT2D eigenvalue weighted by Crippen LogP contribution is 2.19. The maximum atomic E-state index is 11.6. The molecule has 0 bridgehead atoms. The minimum absolute atomic E-state index is 0.146. The lowest BCUT2D eigenvalue weighted by Crippen LogP contribution is -2.44. The van der Waals surface area contributed by atoms with Crippen LogP contribution in [0.25, 0.3) is 0 Å². The van der Waals surface area contributed by atoms with Crippen molar-refractivity contribution in [2.75, 3.05) is 11.5 Å². The molecule has 0 aromatic heterocycles. The Balaban J connectivity index is 2.44. The summed E-state index contributed by atoms with van der Waals surface area (Å²) in [5, 5.41) is 11.7. The van der Waals surface area contributed by atoms with E-state index in [0.717, 1.165) is 18.6 Å². The van der Waals surface area contributed by atoms with E-state index in [0.29, 0.717) is 0 Å². The molecule has 78 valence electrons. The van der Waals surface area contributed by atoms with Gasteiger partial charge in [-0.1, -0.05) is 0 Å². The number of nitriles is 1. The molecular formula is C10H16N2OS. The van der Waals surface area contributed by atoms with Crippen molar-refractivity contribution < 1.29 is 4.79 Å². The van der Waals surface area contributed by atoms with Crippen LogP contribution in [0.3, 0.4) is 0 Å². The van der Waals surface area contributed by atoms with Gasteiger partial charge in [-0.3, -0.25) is 4.79 Å². The van der Waals surface area contributed by atoms with Crippen molar-refractivity contribution in [1.82, 2.24) is 5.32 Å². The predicted octanol–water partition coefficient (Wildman–Crippen LogP) is 1.55. The summed E-state index contributed by atoms with van der Waals surface area (Å²) in [4.78, 5) is 11.6. The summed E-state index contributed by atoms with van der Waals surface area (Å²) in [5.74, 6) is 2.02. The lowest BCUT2D eigenvalue weighted by Gasteiger charge is -2.25. The SMILES string of the molecule is CC(C)(C#N)C(=O)NC1CCCSC1. The smallest absolute Gasteiger partial charge is 0.240 e. The molecule has 1 heterocycles. The van der Waals surface area contributed by atoms with E-state index in [2.05, 4.69) is 5.32 Å². The Bertz CT molecular complexity index is 251. The lowest BCUT2D eigenvalue weighted by molar-refractivity contribution is -0.127. The number of amides is 1. The third kappa shape index (κ3) is 2.91. The number of hydrogen-bond acceptors (Lipinski definition) is 3. The summed E-state index contributed by atoms with van der Waals surface area (Å²) in [6.07, 6.45) is 2.20. The molecule has 4 heteroatoms. The van der Waals surface area contributed by atoms with E-state index in [-0.39, 0.29) is 11.9 Å². The molecule has 1 amide bonds.